The van der Waals surface area contributed by atoms with Gasteiger partial charge in [0.05, 0.1) is 23.7 Å². The third-order valence-electron chi connectivity index (χ3n) is 5.65. The summed E-state index contributed by atoms with van der Waals surface area (Å²) in [4.78, 5) is 53.1. The van der Waals surface area contributed by atoms with Crippen molar-refractivity contribution in [1.82, 2.24) is 35.7 Å². The van der Waals surface area contributed by atoms with Gasteiger partial charge in [0.2, 0.25) is 5.91 Å². The minimum absolute atomic E-state index is 0.0958. The molecule has 2 N–H and O–H groups in total. The normalized spacial score (nSPS) is 18.0. The largest absolute Gasteiger partial charge is 0.351 e. The van der Waals surface area contributed by atoms with Crippen molar-refractivity contribution in [2.24, 2.45) is 5.41 Å². The summed E-state index contributed by atoms with van der Waals surface area (Å²) in [6, 6.07) is 9.67. The first-order chi connectivity index (χ1) is 16.5. The number of carbonyl (C=O) groups excluding carboxylic acids is 4. The number of hydrogen-bond donors (Lipinski definition) is 2. The lowest BCUT2D eigenvalue weighted by Gasteiger charge is -2.22. The summed E-state index contributed by atoms with van der Waals surface area (Å²) in [6.07, 6.45) is 1.42. The van der Waals surface area contributed by atoms with Gasteiger partial charge >= 0.3 is 6.03 Å². The predicted octanol–water partition coefficient (Wildman–Crippen LogP) is 2.04. The van der Waals surface area contributed by atoms with Crippen LogP contribution in [0.1, 0.15) is 47.8 Å². The van der Waals surface area contributed by atoms with Crippen LogP contribution in [0.4, 0.5) is 4.79 Å². The number of ketones is 1. The van der Waals surface area contributed by atoms with E-state index >= 15 is 0 Å². The van der Waals surface area contributed by atoms with Crippen LogP contribution < -0.4 is 10.6 Å². The van der Waals surface area contributed by atoms with Gasteiger partial charge in [-0.2, -0.15) is 0 Å². The Morgan fingerprint density at radius 2 is 1.94 bits per heavy atom. The molecule has 0 radical (unpaired) electrons. The third-order valence-corrected chi connectivity index (χ3v) is 6.78. The second kappa shape index (κ2) is 9.02. The molecule has 1 aromatic carbocycles. The van der Waals surface area contributed by atoms with Crippen LogP contribution in [0, 0.1) is 5.41 Å². The quantitative estimate of drug-likeness (QED) is 0.378. The van der Waals surface area contributed by atoms with Gasteiger partial charge in [-0.25, -0.2) is 9.48 Å². The first kappa shape index (κ1) is 24.2. The number of carbonyl (C=O) groups is 4. The number of nitrogens with one attached hydrogen (secondary N) is 2. The molecular formula is C23H25N7O4S. The number of urea groups is 1. The maximum Gasteiger partial charge on any atom is 0.325 e. The number of tetrazole rings is 1. The topological polar surface area (TPSA) is 139 Å². The Balaban J connectivity index is 1.46. The van der Waals surface area contributed by atoms with Gasteiger partial charge in [0.15, 0.2) is 5.78 Å². The first-order valence-electron chi connectivity index (χ1n) is 10.9. The number of rotatable bonds is 7. The van der Waals surface area contributed by atoms with Crippen molar-refractivity contribution < 1.29 is 19.2 Å². The zero-order valence-corrected chi connectivity index (χ0v) is 20.5. The maximum absolute atomic E-state index is 13.3. The van der Waals surface area contributed by atoms with E-state index in [2.05, 4.69) is 26.2 Å². The van der Waals surface area contributed by atoms with Crippen molar-refractivity contribution in [3.05, 3.63) is 58.0 Å². The predicted molar refractivity (Wildman–Crippen MR) is 127 cm³/mol. The summed E-state index contributed by atoms with van der Waals surface area (Å²) in [5, 5.41) is 16.6. The fraction of sp³-hybridized carbons (Fsp3) is 0.348. The van der Waals surface area contributed by atoms with Gasteiger partial charge < -0.3 is 10.6 Å². The minimum Gasteiger partial charge on any atom is -0.351 e. The summed E-state index contributed by atoms with van der Waals surface area (Å²) in [7, 11) is 0. The molecule has 35 heavy (non-hydrogen) atoms. The zero-order chi connectivity index (χ0) is 25.4. The third kappa shape index (κ3) is 4.83. The second-order valence-corrected chi connectivity index (χ2v) is 10.5. The van der Waals surface area contributed by atoms with E-state index < -0.39 is 22.9 Å². The van der Waals surface area contributed by atoms with Crippen LogP contribution in [-0.4, -0.2) is 55.3 Å². The number of nitrogens with zero attached hydrogens (tertiary/aromatic N) is 5. The number of hydrogen-bond acceptors (Lipinski definition) is 8. The van der Waals surface area contributed by atoms with Crippen LogP contribution in [0.2, 0.25) is 0 Å². The second-order valence-electron chi connectivity index (χ2n) is 9.37. The molecular weight excluding hydrogens is 470 g/mol. The molecule has 0 unspecified atom stereocenters. The Hall–Kier alpha value is -3.93. The van der Waals surface area contributed by atoms with E-state index in [-0.39, 0.29) is 18.2 Å². The molecule has 4 amide bonds. The molecule has 3 aromatic rings. The van der Waals surface area contributed by atoms with Crippen molar-refractivity contribution in [2.45, 2.75) is 39.8 Å². The van der Waals surface area contributed by atoms with Gasteiger partial charge in [-0.3, -0.25) is 19.3 Å². The number of Topliss-reactive ketones (excluding diaryl/α,β-unsaturated/α-hetero) is 1. The van der Waals surface area contributed by atoms with E-state index in [1.165, 1.54) is 22.3 Å². The highest BCUT2D eigenvalue weighted by molar-refractivity contribution is 7.14. The Labute approximate surface area is 205 Å². The number of thiophene rings is 1. The Kier molecular flexibility index (Phi) is 6.24. The molecule has 1 aliphatic heterocycles. The molecule has 0 spiro atoms. The molecule has 0 saturated carbocycles. The van der Waals surface area contributed by atoms with Gasteiger partial charge in [0, 0.05) is 10.3 Å². The zero-order valence-electron chi connectivity index (χ0n) is 19.7. The maximum atomic E-state index is 13.3. The standard InChI is InChI=1S/C23H25N7O4S/c1-22(2,3)19(32)24-11-16-8-9-18(35-16)17(31)12-29-20(33)23(4,26-21(29)34)14-6-5-7-15(10-14)30-13-25-27-28-30/h5-10,13H,11-12H2,1-4H3,(H,24,32)(H,26,34)/t23-/m0/s1. The number of aromatic nitrogens is 4. The molecule has 1 fully saturated rings. The lowest BCUT2D eigenvalue weighted by atomic mass is 9.91. The van der Waals surface area contributed by atoms with Gasteiger partial charge in [-0.15, -0.1) is 16.4 Å². The average molecular weight is 496 g/mol. The first-order valence-corrected chi connectivity index (χ1v) is 11.7. The van der Waals surface area contributed by atoms with Gasteiger partial charge in [-0.05, 0) is 47.2 Å². The van der Waals surface area contributed by atoms with Gasteiger partial charge in [0.1, 0.15) is 11.9 Å². The monoisotopic (exact) mass is 495 g/mol. The van der Waals surface area contributed by atoms with E-state index in [1.807, 2.05) is 20.8 Å². The molecule has 1 atom stereocenters. The smallest absolute Gasteiger partial charge is 0.325 e. The lowest BCUT2D eigenvalue weighted by molar-refractivity contribution is -0.131. The molecule has 12 heteroatoms. The van der Waals surface area contributed by atoms with Crippen LogP contribution in [0.5, 0.6) is 0 Å². The van der Waals surface area contributed by atoms with Crippen molar-refractivity contribution in [3.63, 3.8) is 0 Å². The van der Waals surface area contributed by atoms with E-state index in [0.717, 1.165) is 9.78 Å². The minimum atomic E-state index is -1.35. The highest BCUT2D eigenvalue weighted by Gasteiger charge is 2.49. The van der Waals surface area contributed by atoms with Crippen molar-refractivity contribution >= 4 is 35.0 Å². The summed E-state index contributed by atoms with van der Waals surface area (Å²) in [5.74, 6) is -0.987. The summed E-state index contributed by atoms with van der Waals surface area (Å²) >= 11 is 1.22. The molecule has 0 aliphatic carbocycles. The van der Waals surface area contributed by atoms with Crippen LogP contribution in [-0.2, 0) is 21.7 Å². The van der Waals surface area contributed by atoms with Crippen LogP contribution in [0.15, 0.2) is 42.7 Å². The van der Waals surface area contributed by atoms with E-state index in [9.17, 15) is 19.2 Å². The molecule has 1 aliphatic rings. The van der Waals surface area contributed by atoms with Crippen molar-refractivity contribution in [2.75, 3.05) is 6.54 Å². The summed E-state index contributed by atoms with van der Waals surface area (Å²) < 4.78 is 1.44. The highest BCUT2D eigenvalue weighted by atomic mass is 32.1. The van der Waals surface area contributed by atoms with E-state index in [4.69, 9.17) is 0 Å². The van der Waals surface area contributed by atoms with Crippen LogP contribution >= 0.6 is 11.3 Å². The fourth-order valence-electron chi connectivity index (χ4n) is 3.55. The molecule has 182 valence electrons. The molecule has 3 heterocycles. The van der Waals surface area contributed by atoms with Gasteiger partial charge in [0.25, 0.3) is 5.91 Å². The summed E-state index contributed by atoms with van der Waals surface area (Å²) in [5.41, 5.74) is -0.710. The number of amides is 4. The fourth-order valence-corrected chi connectivity index (χ4v) is 4.43. The molecule has 4 rings (SSSR count). The number of imide groups is 1. The van der Waals surface area contributed by atoms with E-state index in [0.29, 0.717) is 22.7 Å². The number of benzene rings is 1. The molecule has 2 aromatic heterocycles. The van der Waals surface area contributed by atoms with E-state index in [1.54, 1.807) is 43.3 Å². The average Bonchev–Trinajstić information content (AvgIpc) is 3.55. The van der Waals surface area contributed by atoms with Gasteiger partial charge in [-0.1, -0.05) is 32.9 Å². The molecule has 0 bridgehead atoms. The Morgan fingerprint density at radius 1 is 1.17 bits per heavy atom. The Morgan fingerprint density at radius 3 is 2.63 bits per heavy atom. The highest BCUT2D eigenvalue weighted by Crippen LogP contribution is 2.30. The lowest BCUT2D eigenvalue weighted by Crippen LogP contribution is -2.41. The molecule has 11 nitrogen and oxygen atoms in total. The SMILES string of the molecule is CC(C)(C)C(=O)NCc1ccc(C(=O)CN2C(=O)N[C@@](C)(c3cccc(-n4cnnn4)c3)C2=O)s1. The van der Waals surface area contributed by atoms with Crippen molar-refractivity contribution in [3.8, 4) is 5.69 Å². The molecule has 1 saturated heterocycles. The van der Waals surface area contributed by atoms with Crippen molar-refractivity contribution in [1.29, 1.82) is 0 Å². The van der Waals surface area contributed by atoms with Crippen LogP contribution in [0.3, 0.4) is 0 Å². The Bertz CT molecular complexity index is 1300. The summed E-state index contributed by atoms with van der Waals surface area (Å²) in [6.45, 7) is 6.96. The van der Waals surface area contributed by atoms with Crippen LogP contribution in [0.25, 0.3) is 5.69 Å².